The number of likely N-dealkylation sites (tertiary alicyclic amines) is 1. The van der Waals surface area contributed by atoms with E-state index in [1.165, 1.54) is 13.1 Å². The van der Waals surface area contributed by atoms with Gasteiger partial charge in [-0.2, -0.15) is 0 Å². The lowest BCUT2D eigenvalue weighted by Gasteiger charge is -2.35. The predicted molar refractivity (Wildman–Crippen MR) is 91.0 cm³/mol. The molecule has 0 aromatic heterocycles. The van der Waals surface area contributed by atoms with Gasteiger partial charge in [-0.05, 0) is 62.4 Å². The number of aryl methyl sites for hydroxylation is 1. The summed E-state index contributed by atoms with van der Waals surface area (Å²) in [6, 6.07) is 3.29. The first kappa shape index (κ1) is 17.9. The van der Waals surface area contributed by atoms with Gasteiger partial charge in [-0.15, -0.1) is 0 Å². The van der Waals surface area contributed by atoms with Crippen molar-refractivity contribution in [1.29, 1.82) is 0 Å². The van der Waals surface area contributed by atoms with E-state index in [4.69, 9.17) is 0 Å². The number of piperidine rings is 1. The summed E-state index contributed by atoms with van der Waals surface area (Å²) in [6.07, 6.45) is 1.12. The van der Waals surface area contributed by atoms with E-state index in [-0.39, 0.29) is 10.8 Å². The molecule has 0 radical (unpaired) electrons. The van der Waals surface area contributed by atoms with Crippen molar-refractivity contribution in [2.24, 2.45) is 11.8 Å². The van der Waals surface area contributed by atoms with Gasteiger partial charge in [-0.25, -0.2) is 13.1 Å². The number of benzene rings is 1. The highest BCUT2D eigenvalue weighted by atomic mass is 32.2. The second-order valence-electron chi connectivity index (χ2n) is 6.78. The van der Waals surface area contributed by atoms with E-state index in [0.29, 0.717) is 23.0 Å². The zero-order chi connectivity index (χ0) is 17.4. The first-order valence-corrected chi connectivity index (χ1v) is 9.48. The van der Waals surface area contributed by atoms with Crippen molar-refractivity contribution < 1.29 is 13.2 Å². The van der Waals surface area contributed by atoms with Crippen LogP contribution in [0, 0.1) is 25.7 Å². The van der Waals surface area contributed by atoms with Crippen molar-refractivity contribution in [3.63, 3.8) is 0 Å². The average Bonchev–Trinajstić information content (AvgIpc) is 2.47. The Morgan fingerprint density at radius 3 is 2.26 bits per heavy atom. The summed E-state index contributed by atoms with van der Waals surface area (Å²) in [6.45, 7) is 9.34. The Labute approximate surface area is 139 Å². The molecule has 0 saturated carbocycles. The summed E-state index contributed by atoms with van der Waals surface area (Å²) >= 11 is 0. The second kappa shape index (κ2) is 6.61. The normalized spacial score (nSPS) is 22.2. The second-order valence-corrected chi connectivity index (χ2v) is 8.63. The minimum absolute atomic E-state index is 0.0842. The zero-order valence-electron chi connectivity index (χ0n) is 14.5. The Bertz CT molecular complexity index is 703. The Morgan fingerprint density at radius 1 is 1.17 bits per heavy atom. The number of sulfonamides is 1. The molecule has 1 aliphatic heterocycles. The average molecular weight is 338 g/mol. The molecule has 0 unspecified atom stereocenters. The number of amides is 1. The minimum Gasteiger partial charge on any atom is -0.338 e. The third-order valence-corrected chi connectivity index (χ3v) is 6.12. The van der Waals surface area contributed by atoms with Crippen LogP contribution < -0.4 is 4.72 Å². The third-order valence-electron chi connectivity index (χ3n) is 4.58. The molecule has 1 amide bonds. The maximum Gasteiger partial charge on any atom is 0.253 e. The lowest BCUT2D eigenvalue weighted by atomic mass is 9.91. The zero-order valence-corrected chi connectivity index (χ0v) is 15.3. The van der Waals surface area contributed by atoms with Gasteiger partial charge in [0.2, 0.25) is 10.0 Å². The van der Waals surface area contributed by atoms with E-state index in [9.17, 15) is 13.2 Å². The molecule has 1 aromatic carbocycles. The van der Waals surface area contributed by atoms with Crippen LogP contribution >= 0.6 is 0 Å². The first-order valence-electron chi connectivity index (χ1n) is 7.99. The minimum atomic E-state index is -3.58. The van der Waals surface area contributed by atoms with E-state index in [2.05, 4.69) is 18.6 Å². The highest BCUT2D eigenvalue weighted by Gasteiger charge is 2.27. The number of carbonyl (C=O) groups is 1. The summed E-state index contributed by atoms with van der Waals surface area (Å²) in [4.78, 5) is 14.9. The van der Waals surface area contributed by atoms with Crippen LogP contribution in [0.3, 0.4) is 0 Å². The predicted octanol–water partition coefficient (Wildman–Crippen LogP) is 2.33. The van der Waals surface area contributed by atoms with Crippen LogP contribution in [0.2, 0.25) is 0 Å². The number of hydrogen-bond donors (Lipinski definition) is 1. The molecule has 1 saturated heterocycles. The topological polar surface area (TPSA) is 66.5 Å². The number of rotatable bonds is 3. The first-order chi connectivity index (χ1) is 10.7. The largest absolute Gasteiger partial charge is 0.338 e. The van der Waals surface area contributed by atoms with Crippen LogP contribution in [0.1, 0.15) is 41.8 Å². The van der Waals surface area contributed by atoms with Crippen molar-refractivity contribution in [2.75, 3.05) is 20.1 Å². The summed E-state index contributed by atoms with van der Waals surface area (Å²) in [5, 5.41) is 0. The quantitative estimate of drug-likeness (QED) is 0.920. The number of hydrogen-bond acceptors (Lipinski definition) is 3. The molecule has 2 atom stereocenters. The number of nitrogens with zero attached hydrogens (tertiary/aromatic N) is 1. The van der Waals surface area contributed by atoms with Gasteiger partial charge in [0, 0.05) is 18.7 Å². The molecule has 0 aliphatic carbocycles. The van der Waals surface area contributed by atoms with Crippen LogP contribution in [0.25, 0.3) is 0 Å². The van der Waals surface area contributed by atoms with E-state index < -0.39 is 10.0 Å². The van der Waals surface area contributed by atoms with Crippen molar-refractivity contribution in [3.8, 4) is 0 Å². The van der Waals surface area contributed by atoms with E-state index in [0.717, 1.165) is 25.1 Å². The van der Waals surface area contributed by atoms with Crippen LogP contribution in [0.4, 0.5) is 0 Å². The van der Waals surface area contributed by atoms with E-state index >= 15 is 0 Å². The number of carbonyl (C=O) groups excluding carboxylic acids is 1. The van der Waals surface area contributed by atoms with Crippen molar-refractivity contribution in [2.45, 2.75) is 39.0 Å². The van der Waals surface area contributed by atoms with E-state index in [1.807, 2.05) is 11.8 Å². The molecule has 2 rings (SSSR count). The van der Waals surface area contributed by atoms with Gasteiger partial charge >= 0.3 is 0 Å². The molecule has 0 spiro atoms. The molecular weight excluding hydrogens is 312 g/mol. The van der Waals surface area contributed by atoms with Crippen LogP contribution in [-0.2, 0) is 10.0 Å². The highest BCUT2D eigenvalue weighted by molar-refractivity contribution is 7.89. The third kappa shape index (κ3) is 3.75. The standard InChI is InChI=1S/C17H26N2O3S/c1-11-6-12(2)10-19(9-11)17(20)15-7-13(3)14(4)16(8-15)23(21,22)18-5/h7-8,11-12,18H,6,9-10H2,1-5H3/t11-,12+. The Morgan fingerprint density at radius 2 is 1.74 bits per heavy atom. The molecule has 6 heteroatoms. The lowest BCUT2D eigenvalue weighted by Crippen LogP contribution is -2.42. The molecule has 1 fully saturated rings. The monoisotopic (exact) mass is 338 g/mol. The van der Waals surface area contributed by atoms with Gasteiger partial charge in [-0.1, -0.05) is 13.8 Å². The lowest BCUT2D eigenvalue weighted by molar-refractivity contribution is 0.0623. The van der Waals surface area contributed by atoms with Gasteiger partial charge in [0.15, 0.2) is 0 Å². The Kier molecular flexibility index (Phi) is 5.16. The van der Waals surface area contributed by atoms with Crippen molar-refractivity contribution in [3.05, 3.63) is 28.8 Å². The smallest absolute Gasteiger partial charge is 0.253 e. The summed E-state index contributed by atoms with van der Waals surface area (Å²) < 4.78 is 26.7. The van der Waals surface area contributed by atoms with Crippen LogP contribution in [0.15, 0.2) is 17.0 Å². The van der Waals surface area contributed by atoms with Gasteiger partial charge in [0.05, 0.1) is 4.90 Å². The Hall–Kier alpha value is -1.40. The molecule has 1 aliphatic rings. The maximum atomic E-state index is 12.8. The van der Waals surface area contributed by atoms with Crippen molar-refractivity contribution in [1.82, 2.24) is 9.62 Å². The molecule has 5 nitrogen and oxygen atoms in total. The summed E-state index contributed by atoms with van der Waals surface area (Å²) in [5.41, 5.74) is 1.93. The molecule has 1 heterocycles. The van der Waals surface area contributed by atoms with Gasteiger partial charge in [-0.3, -0.25) is 4.79 Å². The van der Waals surface area contributed by atoms with Crippen LogP contribution in [0.5, 0.6) is 0 Å². The molecule has 0 bridgehead atoms. The fraction of sp³-hybridized carbons (Fsp3) is 0.588. The fourth-order valence-corrected chi connectivity index (χ4v) is 4.42. The molecule has 1 aromatic rings. The van der Waals surface area contributed by atoms with Gasteiger partial charge in [0.25, 0.3) is 5.91 Å². The maximum absolute atomic E-state index is 12.8. The van der Waals surface area contributed by atoms with Crippen LogP contribution in [-0.4, -0.2) is 39.4 Å². The highest BCUT2D eigenvalue weighted by Crippen LogP contribution is 2.25. The summed E-state index contributed by atoms with van der Waals surface area (Å²) in [7, 11) is -2.20. The van der Waals surface area contributed by atoms with E-state index in [1.54, 1.807) is 13.0 Å². The molecule has 1 N–H and O–H groups in total. The SMILES string of the molecule is CNS(=O)(=O)c1cc(C(=O)N2C[C@H](C)C[C@H](C)C2)cc(C)c1C. The number of nitrogens with one attached hydrogen (secondary N) is 1. The van der Waals surface area contributed by atoms with Gasteiger partial charge < -0.3 is 4.90 Å². The molecule has 128 valence electrons. The Balaban J connectivity index is 2.42. The molecule has 23 heavy (non-hydrogen) atoms. The van der Waals surface area contributed by atoms with Crippen molar-refractivity contribution >= 4 is 15.9 Å². The molecular formula is C17H26N2O3S. The van der Waals surface area contributed by atoms with Gasteiger partial charge in [0.1, 0.15) is 0 Å². The fourth-order valence-electron chi connectivity index (χ4n) is 3.35. The summed E-state index contributed by atoms with van der Waals surface area (Å²) in [5.74, 6) is 0.851.